The summed E-state index contributed by atoms with van der Waals surface area (Å²) in [4.78, 5) is 0. The molecule has 0 aromatic rings. The zero-order valence-electron chi connectivity index (χ0n) is 4.81. The normalized spacial score (nSPS) is 5.40. The van der Waals surface area contributed by atoms with Gasteiger partial charge in [-0.05, 0) is 0 Å². The Balaban J connectivity index is -0.0000000300. The Morgan fingerprint density at radius 2 is 0.600 bits per heavy atom. The van der Waals surface area contributed by atoms with Crippen LogP contribution in [-0.4, -0.2) is 63.5 Å². The van der Waals surface area contributed by atoms with Crippen molar-refractivity contribution in [3.8, 4) is 0 Å². The summed E-state index contributed by atoms with van der Waals surface area (Å²) in [5.41, 5.74) is 0. The molecule has 0 atom stereocenters. The van der Waals surface area contributed by atoms with Gasteiger partial charge in [-0.1, -0.05) is 0 Å². The van der Waals surface area contributed by atoms with Gasteiger partial charge in [0.05, 0.1) is 0 Å². The second kappa shape index (κ2) is 17.3. The van der Waals surface area contributed by atoms with Crippen LogP contribution in [0.5, 0.6) is 0 Å². The summed E-state index contributed by atoms with van der Waals surface area (Å²) >= 11 is 0. The van der Waals surface area contributed by atoms with Crippen LogP contribution in [0.4, 0.5) is 0 Å². The van der Waals surface area contributed by atoms with Gasteiger partial charge in [-0.25, -0.2) is 0 Å². The van der Waals surface area contributed by atoms with Gasteiger partial charge in [-0.2, -0.15) is 0 Å². The molecule has 0 aromatic carbocycles. The number of rotatable bonds is 0. The Kier molecular flexibility index (Phi) is 39.4. The summed E-state index contributed by atoms with van der Waals surface area (Å²) in [7, 11) is -5.83. The third-order valence-electron chi connectivity index (χ3n) is 0. The van der Waals surface area contributed by atoms with Crippen molar-refractivity contribution in [1.29, 1.82) is 0 Å². The molecule has 0 bridgehead atoms. The Labute approximate surface area is 114 Å². The van der Waals surface area contributed by atoms with Crippen molar-refractivity contribution in [2.75, 3.05) is 0 Å². The average Bonchev–Trinajstić information content (AvgIpc) is 1.25. The van der Waals surface area contributed by atoms with Crippen LogP contribution in [0.1, 0.15) is 0 Å². The van der Waals surface area contributed by atoms with Gasteiger partial charge in [0.1, 0.15) is 0 Å². The smallest absolute Gasteiger partial charge is 0.907 e. The minimum atomic E-state index is -2.92. The van der Waals surface area contributed by atoms with E-state index in [1.807, 2.05) is 0 Å². The maximum Gasteiger partial charge on any atom is 4.00 e. The molecule has 0 spiro atoms. The number of hydrogen-bond acceptors (Lipinski definition) is 6. The molecule has 0 rings (SSSR count). The van der Waals surface area contributed by atoms with Gasteiger partial charge in [0.25, 0.3) is 0 Å². The monoisotopic (exact) mass is 304 g/mol. The first-order valence-corrected chi connectivity index (χ1v) is 1.41. The molecule has 10 heavy (non-hydrogen) atoms. The predicted molar refractivity (Wildman–Crippen MR) is 17.3 cm³/mol. The zero-order chi connectivity index (χ0) is 7.15. The fourth-order valence-corrected chi connectivity index (χ4v) is 0. The molecule has 10 heteroatoms. The summed E-state index contributed by atoms with van der Waals surface area (Å²) in [6, 6.07) is 0. The summed E-state index contributed by atoms with van der Waals surface area (Å²) < 4.78 is 0. The van der Waals surface area contributed by atoms with E-state index in [1.54, 1.807) is 0 Å². The van der Waals surface area contributed by atoms with Gasteiger partial charge >= 0.3 is 70.6 Å². The summed E-state index contributed by atoms with van der Waals surface area (Å²) in [6.45, 7) is 0. The number of hydrogen-bond donors (Lipinski definition) is 0. The second-order valence-electron chi connectivity index (χ2n) is 0.577. The molecule has 0 saturated heterocycles. The van der Waals surface area contributed by atoms with Gasteiger partial charge in [0.15, 0.2) is 0 Å². The van der Waals surface area contributed by atoms with Gasteiger partial charge in [0, 0.05) is 0 Å². The van der Waals surface area contributed by atoms with Crippen LogP contribution in [0.3, 0.4) is 0 Å². The molecule has 48 valence electrons. The van der Waals surface area contributed by atoms with Crippen molar-refractivity contribution < 1.29 is 51.9 Å². The zero-order valence-corrected chi connectivity index (χ0v) is 10.8. The van der Waals surface area contributed by atoms with Crippen molar-refractivity contribution in [3.63, 3.8) is 0 Å². The summed E-state index contributed by atoms with van der Waals surface area (Å²) in [5, 5.41) is 50.5. The molecule has 0 amide bonds. The average molecular weight is 303 g/mol. The largest absolute Gasteiger partial charge is 4.00 e. The van der Waals surface area contributed by atoms with Gasteiger partial charge in [0.2, 0.25) is 0 Å². The van der Waals surface area contributed by atoms with Gasteiger partial charge < -0.3 is 30.1 Å². The molecular weight excluding hydrogens is 303 g/mol. The molecular formula is B2BaO6Ti. The maximum absolute atomic E-state index is 8.42. The van der Waals surface area contributed by atoms with Gasteiger partial charge in [-0.3, -0.25) is 14.6 Å². The molecule has 0 aromatic heterocycles. The molecule has 0 aliphatic rings. The third-order valence-corrected chi connectivity index (χ3v) is 0. The van der Waals surface area contributed by atoms with Crippen LogP contribution in [0, 0.1) is 0 Å². The second-order valence-corrected chi connectivity index (χ2v) is 0.577. The van der Waals surface area contributed by atoms with Crippen LogP contribution in [0.25, 0.3) is 0 Å². The van der Waals surface area contributed by atoms with E-state index in [0.29, 0.717) is 0 Å². The molecule has 0 aliphatic carbocycles. The molecule has 6 nitrogen and oxygen atoms in total. The molecule has 0 fully saturated rings. The SMILES string of the molecule is [Ba+2].[O-]B([O-])[O-].[O-]B([O-])[O-].[Ti+4]. The van der Waals surface area contributed by atoms with E-state index in [2.05, 4.69) is 0 Å². The van der Waals surface area contributed by atoms with Crippen LogP contribution in [-0.2, 0) is 21.7 Å². The fourth-order valence-electron chi connectivity index (χ4n) is 0. The minimum Gasteiger partial charge on any atom is -0.907 e. The fraction of sp³-hybridized carbons (Fsp3) is 0. The van der Waals surface area contributed by atoms with Crippen LogP contribution >= 0.6 is 0 Å². The van der Waals surface area contributed by atoms with Crippen molar-refractivity contribution in [2.24, 2.45) is 0 Å². The Hall–Kier alpha value is 2.18. The first-order chi connectivity index (χ1) is 3.46. The van der Waals surface area contributed by atoms with Crippen LogP contribution < -0.4 is 30.1 Å². The summed E-state index contributed by atoms with van der Waals surface area (Å²) in [6.07, 6.45) is 0. The first-order valence-electron chi connectivity index (χ1n) is 1.41. The Morgan fingerprint density at radius 1 is 0.600 bits per heavy atom. The molecule has 0 saturated carbocycles. The molecule has 0 unspecified atom stereocenters. The quantitative estimate of drug-likeness (QED) is 0.407. The molecule has 0 radical (unpaired) electrons. The molecule has 0 N–H and O–H groups in total. The van der Waals surface area contributed by atoms with Gasteiger partial charge in [-0.15, -0.1) is 0 Å². The van der Waals surface area contributed by atoms with E-state index >= 15 is 0 Å². The Bertz CT molecular complexity index is 31.2. The van der Waals surface area contributed by atoms with E-state index in [-0.39, 0.29) is 70.6 Å². The van der Waals surface area contributed by atoms with Crippen molar-refractivity contribution in [2.45, 2.75) is 0 Å². The summed E-state index contributed by atoms with van der Waals surface area (Å²) in [5.74, 6) is 0. The Morgan fingerprint density at radius 3 is 0.600 bits per heavy atom. The van der Waals surface area contributed by atoms with E-state index in [1.165, 1.54) is 0 Å². The van der Waals surface area contributed by atoms with Crippen LogP contribution in [0.2, 0.25) is 0 Å². The van der Waals surface area contributed by atoms with E-state index in [9.17, 15) is 0 Å². The van der Waals surface area contributed by atoms with E-state index in [4.69, 9.17) is 30.1 Å². The molecule has 0 aliphatic heterocycles. The third kappa shape index (κ3) is 181. The first kappa shape index (κ1) is 22.8. The van der Waals surface area contributed by atoms with Crippen molar-refractivity contribution in [1.82, 2.24) is 0 Å². The van der Waals surface area contributed by atoms with Crippen LogP contribution in [0.15, 0.2) is 0 Å². The maximum atomic E-state index is 8.42. The van der Waals surface area contributed by atoms with Crippen molar-refractivity contribution >= 4 is 63.5 Å². The topological polar surface area (TPSA) is 138 Å². The minimum absolute atomic E-state index is 0. The standard InChI is InChI=1S/2BO3.Ba.Ti/c2*2-1(3)4;;/q2*-3;+2;+4. The van der Waals surface area contributed by atoms with E-state index in [0.717, 1.165) is 0 Å². The van der Waals surface area contributed by atoms with Crippen molar-refractivity contribution in [3.05, 3.63) is 0 Å². The predicted octanol–water partition coefficient (Wildman–Crippen LogP) is -8.28. The molecule has 0 heterocycles. The van der Waals surface area contributed by atoms with E-state index < -0.39 is 14.6 Å².